The predicted octanol–water partition coefficient (Wildman–Crippen LogP) is 2.74. The first-order valence-corrected chi connectivity index (χ1v) is 11.6. The number of hydrogen-bond donors (Lipinski definition) is 2. The SMILES string of the molecule is CCCn1nc(C(=O)NNC(=O)Cn2c3ccccc3c(=O)c3ccccc32)c2ccccc2c1=O. The van der Waals surface area contributed by atoms with Crippen molar-refractivity contribution in [2.24, 2.45) is 0 Å². The van der Waals surface area contributed by atoms with Crippen LogP contribution in [0.5, 0.6) is 0 Å². The summed E-state index contributed by atoms with van der Waals surface area (Å²) < 4.78 is 3.00. The summed E-state index contributed by atoms with van der Waals surface area (Å²) in [7, 11) is 0. The van der Waals surface area contributed by atoms with E-state index in [1.807, 2.05) is 6.92 Å². The summed E-state index contributed by atoms with van der Waals surface area (Å²) in [5.41, 5.74) is 5.74. The topological polar surface area (TPSA) is 115 Å². The van der Waals surface area contributed by atoms with Gasteiger partial charge in [0.25, 0.3) is 17.4 Å². The fourth-order valence-electron chi connectivity index (χ4n) is 4.38. The van der Waals surface area contributed by atoms with Crippen molar-refractivity contribution in [1.82, 2.24) is 25.2 Å². The average molecular weight is 482 g/mol. The Labute approximate surface area is 204 Å². The third-order valence-corrected chi connectivity index (χ3v) is 6.01. The molecule has 0 saturated heterocycles. The second-order valence-corrected chi connectivity index (χ2v) is 8.37. The summed E-state index contributed by atoms with van der Waals surface area (Å²) in [6, 6.07) is 20.9. The van der Waals surface area contributed by atoms with Gasteiger partial charge in [-0.2, -0.15) is 5.10 Å². The molecule has 180 valence electrons. The van der Waals surface area contributed by atoms with Crippen molar-refractivity contribution in [3.8, 4) is 0 Å². The van der Waals surface area contributed by atoms with E-state index in [-0.39, 0.29) is 23.2 Å². The molecule has 2 amide bonds. The van der Waals surface area contributed by atoms with Crippen LogP contribution in [0.2, 0.25) is 0 Å². The Bertz CT molecular complexity index is 1710. The first-order valence-electron chi connectivity index (χ1n) is 11.6. The number of nitrogens with zero attached hydrogens (tertiary/aromatic N) is 3. The van der Waals surface area contributed by atoms with Crippen molar-refractivity contribution >= 4 is 44.4 Å². The standard InChI is InChI=1S/C27H23N5O4/c1-2-15-32-27(36)18-10-4-3-9-17(18)24(30-32)26(35)29-28-23(33)16-31-21-13-7-5-11-19(21)25(34)20-12-6-8-14-22(20)31/h3-14H,2,15-16H2,1H3,(H,28,33)(H,29,35). The smallest absolute Gasteiger partial charge is 0.290 e. The summed E-state index contributed by atoms with van der Waals surface area (Å²) >= 11 is 0. The molecule has 5 rings (SSSR count). The first-order chi connectivity index (χ1) is 17.5. The number of carbonyl (C=O) groups is 2. The third kappa shape index (κ3) is 4.00. The third-order valence-electron chi connectivity index (χ3n) is 6.01. The average Bonchev–Trinajstić information content (AvgIpc) is 2.91. The van der Waals surface area contributed by atoms with Crippen molar-refractivity contribution in [2.45, 2.75) is 26.4 Å². The molecule has 0 fully saturated rings. The van der Waals surface area contributed by atoms with Crippen LogP contribution in [0.25, 0.3) is 32.6 Å². The molecule has 5 aromatic rings. The van der Waals surface area contributed by atoms with Crippen LogP contribution in [0.3, 0.4) is 0 Å². The quantitative estimate of drug-likeness (QED) is 0.296. The van der Waals surface area contributed by atoms with Crippen molar-refractivity contribution in [3.63, 3.8) is 0 Å². The Kier molecular flexibility index (Phi) is 6.03. The Morgan fingerprint density at radius 3 is 1.94 bits per heavy atom. The van der Waals surface area contributed by atoms with Crippen LogP contribution in [-0.2, 0) is 17.9 Å². The van der Waals surface area contributed by atoms with Crippen molar-refractivity contribution in [1.29, 1.82) is 0 Å². The Morgan fingerprint density at radius 1 is 0.778 bits per heavy atom. The van der Waals surface area contributed by atoms with Crippen LogP contribution in [0.4, 0.5) is 0 Å². The zero-order chi connectivity index (χ0) is 25.2. The number of rotatable bonds is 5. The molecule has 0 aliphatic rings. The van der Waals surface area contributed by atoms with Crippen LogP contribution in [-0.4, -0.2) is 26.2 Å². The van der Waals surface area contributed by atoms with E-state index in [9.17, 15) is 19.2 Å². The fraction of sp³-hybridized carbons (Fsp3) is 0.148. The van der Waals surface area contributed by atoms with E-state index >= 15 is 0 Å². The van der Waals surface area contributed by atoms with E-state index in [0.29, 0.717) is 45.5 Å². The second-order valence-electron chi connectivity index (χ2n) is 8.37. The zero-order valence-electron chi connectivity index (χ0n) is 19.5. The molecular formula is C27H23N5O4. The minimum absolute atomic E-state index is 0.0400. The fourth-order valence-corrected chi connectivity index (χ4v) is 4.38. The number of fused-ring (bicyclic) bond motifs is 3. The number of pyridine rings is 1. The maximum absolute atomic E-state index is 13.0. The van der Waals surface area contributed by atoms with Gasteiger partial charge in [-0.15, -0.1) is 0 Å². The van der Waals surface area contributed by atoms with E-state index in [1.165, 1.54) is 4.68 Å². The highest BCUT2D eigenvalue weighted by Crippen LogP contribution is 2.19. The van der Waals surface area contributed by atoms with Gasteiger partial charge < -0.3 is 4.57 Å². The van der Waals surface area contributed by atoms with Gasteiger partial charge in [-0.1, -0.05) is 49.4 Å². The van der Waals surface area contributed by atoms with Crippen LogP contribution < -0.4 is 21.8 Å². The highest BCUT2D eigenvalue weighted by Gasteiger charge is 2.18. The van der Waals surface area contributed by atoms with Gasteiger partial charge in [-0.05, 0) is 36.8 Å². The number of nitrogens with one attached hydrogen (secondary N) is 2. The summed E-state index contributed by atoms with van der Waals surface area (Å²) in [6.45, 7) is 2.14. The van der Waals surface area contributed by atoms with Gasteiger partial charge in [0.1, 0.15) is 6.54 Å². The molecule has 2 heterocycles. The van der Waals surface area contributed by atoms with Crippen molar-refractivity contribution in [3.05, 3.63) is 99.1 Å². The first kappa shape index (κ1) is 23.0. The highest BCUT2D eigenvalue weighted by atomic mass is 16.2. The normalized spacial score (nSPS) is 11.1. The van der Waals surface area contributed by atoms with E-state index in [2.05, 4.69) is 16.0 Å². The molecule has 0 aliphatic heterocycles. The van der Waals surface area contributed by atoms with Gasteiger partial charge in [-0.25, -0.2) is 4.68 Å². The molecule has 0 atom stereocenters. The Hall–Kier alpha value is -4.79. The number of aromatic nitrogens is 3. The molecule has 0 unspecified atom stereocenters. The number of benzene rings is 3. The number of hydrazine groups is 1. The van der Waals surface area contributed by atoms with Gasteiger partial charge in [0.2, 0.25) is 0 Å². The molecule has 0 aliphatic carbocycles. The van der Waals surface area contributed by atoms with Gasteiger partial charge in [-0.3, -0.25) is 30.0 Å². The Morgan fingerprint density at radius 2 is 1.33 bits per heavy atom. The van der Waals surface area contributed by atoms with Gasteiger partial charge in [0.15, 0.2) is 11.1 Å². The summed E-state index contributed by atoms with van der Waals surface area (Å²) in [4.78, 5) is 51.5. The van der Waals surface area contributed by atoms with E-state index in [0.717, 1.165) is 0 Å². The van der Waals surface area contributed by atoms with E-state index in [1.54, 1.807) is 77.4 Å². The summed E-state index contributed by atoms with van der Waals surface area (Å²) in [5.74, 6) is -1.13. The minimum Gasteiger partial charge on any atom is -0.331 e. The van der Waals surface area contributed by atoms with Gasteiger partial charge >= 0.3 is 0 Å². The molecule has 0 radical (unpaired) electrons. The van der Waals surface area contributed by atoms with Crippen LogP contribution >= 0.6 is 0 Å². The monoisotopic (exact) mass is 481 g/mol. The molecule has 9 nitrogen and oxygen atoms in total. The van der Waals surface area contributed by atoms with Crippen LogP contribution in [0.1, 0.15) is 23.8 Å². The minimum atomic E-state index is -0.640. The van der Waals surface area contributed by atoms with Crippen molar-refractivity contribution in [2.75, 3.05) is 0 Å². The molecule has 3 aromatic carbocycles. The summed E-state index contributed by atoms with van der Waals surface area (Å²) in [5, 5.41) is 6.03. The van der Waals surface area contributed by atoms with Gasteiger partial charge in [0, 0.05) is 22.7 Å². The lowest BCUT2D eigenvalue weighted by Gasteiger charge is -2.15. The number of aryl methyl sites for hydroxylation is 1. The number of amides is 2. The maximum atomic E-state index is 13.0. The molecule has 2 aromatic heterocycles. The molecule has 36 heavy (non-hydrogen) atoms. The number of para-hydroxylation sites is 2. The van der Waals surface area contributed by atoms with E-state index in [4.69, 9.17) is 0 Å². The lowest BCUT2D eigenvalue weighted by molar-refractivity contribution is -0.122. The van der Waals surface area contributed by atoms with E-state index < -0.39 is 11.8 Å². The highest BCUT2D eigenvalue weighted by molar-refractivity contribution is 6.05. The largest absolute Gasteiger partial charge is 0.331 e. The molecule has 0 spiro atoms. The Balaban J connectivity index is 1.44. The maximum Gasteiger partial charge on any atom is 0.290 e. The van der Waals surface area contributed by atoms with Gasteiger partial charge in [0.05, 0.1) is 16.4 Å². The molecule has 0 saturated carbocycles. The molecule has 9 heteroatoms. The molecule has 0 bridgehead atoms. The molecular weight excluding hydrogens is 458 g/mol. The lowest BCUT2D eigenvalue weighted by atomic mass is 10.1. The number of carbonyl (C=O) groups excluding carboxylic acids is 2. The molecule has 2 N–H and O–H groups in total. The van der Waals surface area contributed by atoms with Crippen LogP contribution in [0, 0.1) is 0 Å². The van der Waals surface area contributed by atoms with Crippen LogP contribution in [0.15, 0.2) is 82.4 Å². The summed E-state index contributed by atoms with van der Waals surface area (Å²) in [6.07, 6.45) is 0.671. The second kappa shape index (κ2) is 9.46. The predicted molar refractivity (Wildman–Crippen MR) is 138 cm³/mol. The lowest BCUT2D eigenvalue weighted by Crippen LogP contribution is -2.44. The zero-order valence-corrected chi connectivity index (χ0v) is 19.5. The number of hydrogen-bond acceptors (Lipinski definition) is 5. The van der Waals surface area contributed by atoms with Crippen molar-refractivity contribution < 1.29 is 9.59 Å².